The summed E-state index contributed by atoms with van der Waals surface area (Å²) >= 11 is 0. The van der Waals surface area contributed by atoms with Crippen LogP contribution in [0.4, 0.5) is 0 Å². The number of nitrogens with one attached hydrogen (secondary N) is 1. The first-order valence-corrected chi connectivity index (χ1v) is 7.99. The number of rotatable bonds is 2. The molecule has 2 aliphatic rings. The van der Waals surface area contributed by atoms with E-state index in [1.165, 1.54) is 19.3 Å². The molecule has 0 radical (unpaired) electrons. The van der Waals surface area contributed by atoms with Gasteiger partial charge in [-0.1, -0.05) is 26.2 Å². The van der Waals surface area contributed by atoms with Crippen molar-refractivity contribution in [3.63, 3.8) is 0 Å². The quantitative estimate of drug-likeness (QED) is 0.844. The Balaban J connectivity index is 2.24. The molecule has 0 aromatic heterocycles. The van der Waals surface area contributed by atoms with Crippen molar-refractivity contribution < 1.29 is 9.59 Å². The maximum absolute atomic E-state index is 12.9. The van der Waals surface area contributed by atoms with Gasteiger partial charge in [0.2, 0.25) is 11.8 Å². The highest BCUT2D eigenvalue weighted by Crippen LogP contribution is 2.32. The van der Waals surface area contributed by atoms with Crippen molar-refractivity contribution in [2.45, 2.75) is 83.8 Å². The largest absolute Gasteiger partial charge is 0.342 e. The Kier molecular flexibility index (Phi) is 4.40. The number of nitrogens with zero attached hydrogens (tertiary/aromatic N) is 1. The molecule has 114 valence electrons. The number of hydrogen-bond acceptors (Lipinski definition) is 2. The van der Waals surface area contributed by atoms with Crippen LogP contribution in [0.1, 0.15) is 66.2 Å². The lowest BCUT2D eigenvalue weighted by Crippen LogP contribution is -2.69. The van der Waals surface area contributed by atoms with Crippen molar-refractivity contribution in [3.8, 4) is 0 Å². The van der Waals surface area contributed by atoms with Crippen LogP contribution in [-0.4, -0.2) is 34.3 Å². The zero-order chi connectivity index (χ0) is 14.9. The standard InChI is InChI=1S/C16H28N2O2/c1-5-12-14(19)17-13(11-9-7-6-8-10-11)15(20)18(12)16(2,3)4/h11-13H,5-10H2,1-4H3,(H,17,19). The Bertz CT molecular complexity index is 380. The summed E-state index contributed by atoms with van der Waals surface area (Å²) in [6.45, 7) is 8.02. The first-order chi connectivity index (χ1) is 9.36. The molecule has 0 aromatic rings. The van der Waals surface area contributed by atoms with Crippen LogP contribution in [0.3, 0.4) is 0 Å². The summed E-state index contributed by atoms with van der Waals surface area (Å²) in [6.07, 6.45) is 6.41. The van der Waals surface area contributed by atoms with Gasteiger partial charge in [-0.2, -0.15) is 0 Å². The van der Waals surface area contributed by atoms with Crippen molar-refractivity contribution in [2.75, 3.05) is 0 Å². The molecule has 0 spiro atoms. The number of amides is 2. The smallest absolute Gasteiger partial charge is 0.246 e. The molecule has 0 bridgehead atoms. The lowest BCUT2D eigenvalue weighted by atomic mass is 9.81. The highest BCUT2D eigenvalue weighted by molar-refractivity contribution is 5.97. The zero-order valence-electron chi connectivity index (χ0n) is 13.2. The lowest BCUT2D eigenvalue weighted by molar-refractivity contribution is -0.157. The van der Waals surface area contributed by atoms with Gasteiger partial charge in [-0.3, -0.25) is 9.59 Å². The lowest BCUT2D eigenvalue weighted by Gasteiger charge is -2.48. The monoisotopic (exact) mass is 280 g/mol. The van der Waals surface area contributed by atoms with Crippen LogP contribution in [0, 0.1) is 5.92 Å². The topological polar surface area (TPSA) is 49.4 Å². The van der Waals surface area contributed by atoms with Crippen LogP contribution in [0.2, 0.25) is 0 Å². The first-order valence-electron chi connectivity index (χ1n) is 7.99. The molecule has 1 aliphatic heterocycles. The molecule has 2 rings (SSSR count). The van der Waals surface area contributed by atoms with Gasteiger partial charge in [-0.25, -0.2) is 0 Å². The minimum Gasteiger partial charge on any atom is -0.342 e. The Labute approximate surface area is 122 Å². The van der Waals surface area contributed by atoms with Crippen LogP contribution in [0.5, 0.6) is 0 Å². The third kappa shape index (κ3) is 2.84. The van der Waals surface area contributed by atoms with Gasteiger partial charge in [0.15, 0.2) is 0 Å². The predicted octanol–water partition coefficient (Wildman–Crippen LogP) is 2.47. The SMILES string of the molecule is CCC1C(=O)NC(C2CCCCC2)C(=O)N1C(C)(C)C. The highest BCUT2D eigenvalue weighted by atomic mass is 16.2. The van der Waals surface area contributed by atoms with E-state index in [9.17, 15) is 9.59 Å². The van der Waals surface area contributed by atoms with E-state index in [0.717, 1.165) is 12.8 Å². The molecule has 0 aromatic carbocycles. The van der Waals surface area contributed by atoms with Gasteiger partial charge >= 0.3 is 0 Å². The molecule has 4 nitrogen and oxygen atoms in total. The summed E-state index contributed by atoms with van der Waals surface area (Å²) in [5.74, 6) is 0.469. The normalized spacial score (nSPS) is 29.5. The molecule has 20 heavy (non-hydrogen) atoms. The maximum Gasteiger partial charge on any atom is 0.246 e. The van der Waals surface area contributed by atoms with E-state index in [1.54, 1.807) is 0 Å². The van der Waals surface area contributed by atoms with E-state index >= 15 is 0 Å². The van der Waals surface area contributed by atoms with Crippen molar-refractivity contribution in [1.82, 2.24) is 10.2 Å². The third-order valence-corrected chi connectivity index (χ3v) is 4.65. The summed E-state index contributed by atoms with van der Waals surface area (Å²) in [6, 6.07) is -0.618. The molecule has 1 saturated heterocycles. The van der Waals surface area contributed by atoms with Crippen LogP contribution < -0.4 is 5.32 Å². The number of piperazine rings is 1. The fourth-order valence-corrected chi connectivity index (χ4v) is 3.68. The Morgan fingerprint density at radius 1 is 1.15 bits per heavy atom. The van der Waals surface area contributed by atoms with Gasteiger partial charge in [0.1, 0.15) is 12.1 Å². The van der Waals surface area contributed by atoms with Crippen molar-refractivity contribution in [2.24, 2.45) is 5.92 Å². The van der Waals surface area contributed by atoms with E-state index in [1.807, 2.05) is 32.6 Å². The molecule has 4 heteroatoms. The molecule has 2 atom stereocenters. The molecule has 1 saturated carbocycles. The fourth-order valence-electron chi connectivity index (χ4n) is 3.68. The van der Waals surface area contributed by atoms with E-state index in [4.69, 9.17) is 0 Å². The second-order valence-corrected chi connectivity index (χ2v) is 7.19. The van der Waals surface area contributed by atoms with Gasteiger partial charge in [-0.05, 0) is 46.0 Å². The van der Waals surface area contributed by atoms with E-state index in [2.05, 4.69) is 5.32 Å². The van der Waals surface area contributed by atoms with E-state index < -0.39 is 0 Å². The second kappa shape index (κ2) is 5.74. The summed E-state index contributed by atoms with van der Waals surface area (Å²) in [4.78, 5) is 27.1. The molecule has 2 unspecified atom stereocenters. The fraction of sp³-hybridized carbons (Fsp3) is 0.875. The van der Waals surface area contributed by atoms with E-state index in [-0.39, 0.29) is 29.4 Å². The average Bonchev–Trinajstić information content (AvgIpc) is 2.40. The van der Waals surface area contributed by atoms with Gasteiger partial charge in [0.05, 0.1) is 0 Å². The molecule has 1 N–H and O–H groups in total. The van der Waals surface area contributed by atoms with Gasteiger partial charge < -0.3 is 10.2 Å². The number of carbonyl (C=O) groups excluding carboxylic acids is 2. The van der Waals surface area contributed by atoms with Crippen molar-refractivity contribution in [3.05, 3.63) is 0 Å². The minimum absolute atomic E-state index is 0.0256. The molecular formula is C16H28N2O2. The van der Waals surface area contributed by atoms with Crippen LogP contribution in [0.25, 0.3) is 0 Å². The molecule has 1 aliphatic carbocycles. The summed E-state index contributed by atoms with van der Waals surface area (Å²) < 4.78 is 0. The Morgan fingerprint density at radius 2 is 1.75 bits per heavy atom. The number of carbonyl (C=O) groups is 2. The van der Waals surface area contributed by atoms with Crippen LogP contribution in [-0.2, 0) is 9.59 Å². The van der Waals surface area contributed by atoms with Gasteiger partial charge in [-0.15, -0.1) is 0 Å². The molecule has 2 fully saturated rings. The molecular weight excluding hydrogens is 252 g/mol. The Hall–Kier alpha value is -1.06. The molecule has 2 amide bonds. The molecule has 1 heterocycles. The maximum atomic E-state index is 12.9. The third-order valence-electron chi connectivity index (χ3n) is 4.65. The Morgan fingerprint density at radius 3 is 2.25 bits per heavy atom. The second-order valence-electron chi connectivity index (χ2n) is 7.19. The van der Waals surface area contributed by atoms with Gasteiger partial charge in [0, 0.05) is 5.54 Å². The van der Waals surface area contributed by atoms with Crippen molar-refractivity contribution >= 4 is 11.8 Å². The summed E-state index contributed by atoms with van der Waals surface area (Å²) in [7, 11) is 0. The number of hydrogen-bond donors (Lipinski definition) is 1. The zero-order valence-corrected chi connectivity index (χ0v) is 13.2. The average molecular weight is 280 g/mol. The van der Waals surface area contributed by atoms with Crippen LogP contribution >= 0.6 is 0 Å². The minimum atomic E-state index is -0.317. The summed E-state index contributed by atoms with van der Waals surface area (Å²) in [5, 5.41) is 3.01. The summed E-state index contributed by atoms with van der Waals surface area (Å²) in [5.41, 5.74) is -0.303. The van der Waals surface area contributed by atoms with Crippen LogP contribution in [0.15, 0.2) is 0 Å². The van der Waals surface area contributed by atoms with Crippen molar-refractivity contribution in [1.29, 1.82) is 0 Å². The predicted molar refractivity (Wildman–Crippen MR) is 79.2 cm³/mol. The highest BCUT2D eigenvalue weighted by Gasteiger charge is 2.46. The van der Waals surface area contributed by atoms with E-state index in [0.29, 0.717) is 12.3 Å². The first kappa shape index (κ1) is 15.3. The van der Waals surface area contributed by atoms with Gasteiger partial charge in [0.25, 0.3) is 0 Å².